The van der Waals surface area contributed by atoms with Crippen molar-refractivity contribution in [1.29, 1.82) is 0 Å². The highest BCUT2D eigenvalue weighted by Gasteiger charge is 2.54. The molecule has 304 valence electrons. The van der Waals surface area contributed by atoms with Crippen LogP contribution in [-0.4, -0.2) is 106 Å². The van der Waals surface area contributed by atoms with Gasteiger partial charge in [0.2, 0.25) is 5.79 Å². The Kier molecular flexibility index (Phi) is 12.3. The quantitative estimate of drug-likeness (QED) is 0.240. The minimum Gasteiger partial charge on any atom is -0.390 e. The highest BCUT2D eigenvalue weighted by Crippen LogP contribution is 2.47. The molecule has 6 fully saturated rings. The third-order valence-electron chi connectivity index (χ3n) is 13.4. The second-order valence-corrected chi connectivity index (χ2v) is 18.0. The van der Waals surface area contributed by atoms with Gasteiger partial charge in [-0.3, -0.25) is 4.79 Å². The second-order valence-electron chi connectivity index (χ2n) is 18.0. The van der Waals surface area contributed by atoms with E-state index < -0.39 is 47.9 Å². The standard InChI is InChI=1S/C43H66O11/c1-25-21-35(52-43(24-25)36(46)12-11-32(51-43)23-29(5)44)26(2)9-10-31-14-18-42(50-31)19-15-34-40(54-42)37(47)30(6)39(49-34)33(45)22-28(4)38-27(3)13-17-41(53-38)16-7-8-20-48-41/h9-10,24,26-28,31-40,45-47H,6-8,11-23H2,1-5H3/t26-,27-,28+,31+,32+,33+,34-,35+,36-,37-,38+,39+,40-,41+,42-,43-/m1/s1. The van der Waals surface area contributed by atoms with E-state index in [1.807, 2.05) is 13.0 Å². The van der Waals surface area contributed by atoms with Gasteiger partial charge in [0.05, 0.1) is 43.2 Å². The first-order chi connectivity index (χ1) is 25.7. The Bertz CT molecular complexity index is 1410. The lowest BCUT2D eigenvalue weighted by Gasteiger charge is -2.50. The number of ether oxygens (including phenoxy) is 7. The van der Waals surface area contributed by atoms with E-state index in [-0.39, 0.29) is 48.1 Å². The number of rotatable bonds is 9. The maximum absolute atomic E-state index is 11.8. The molecule has 0 aromatic carbocycles. The van der Waals surface area contributed by atoms with Gasteiger partial charge in [-0.1, -0.05) is 45.1 Å². The first-order valence-electron chi connectivity index (χ1n) is 21.0. The fourth-order valence-electron chi connectivity index (χ4n) is 10.3. The number of carbonyl (C=O) groups excluding carboxylic acids is 1. The number of aliphatic hydroxyl groups is 3. The summed E-state index contributed by atoms with van der Waals surface area (Å²) in [5, 5.41) is 34.1. The van der Waals surface area contributed by atoms with Crippen LogP contribution in [0.1, 0.15) is 125 Å². The number of fused-ring (bicyclic) bond motifs is 1. The van der Waals surface area contributed by atoms with Crippen molar-refractivity contribution in [1.82, 2.24) is 0 Å². The van der Waals surface area contributed by atoms with Crippen LogP contribution < -0.4 is 0 Å². The number of hydrogen-bond acceptors (Lipinski definition) is 11. The third-order valence-corrected chi connectivity index (χ3v) is 13.4. The van der Waals surface area contributed by atoms with Gasteiger partial charge in [-0.25, -0.2) is 0 Å². The Morgan fingerprint density at radius 1 is 0.981 bits per heavy atom. The molecule has 0 aliphatic carbocycles. The summed E-state index contributed by atoms with van der Waals surface area (Å²) in [6, 6.07) is 0. The van der Waals surface area contributed by atoms with E-state index in [4.69, 9.17) is 33.2 Å². The Labute approximate surface area is 321 Å². The van der Waals surface area contributed by atoms with E-state index in [1.54, 1.807) is 6.92 Å². The van der Waals surface area contributed by atoms with Crippen LogP contribution in [0.25, 0.3) is 0 Å². The number of carbonyl (C=O) groups is 1. The monoisotopic (exact) mass is 758 g/mol. The molecule has 0 aromatic heterocycles. The molecular formula is C43H66O11. The van der Waals surface area contributed by atoms with Gasteiger partial charge in [-0.15, -0.1) is 0 Å². The van der Waals surface area contributed by atoms with Gasteiger partial charge in [-0.2, -0.15) is 0 Å². The van der Waals surface area contributed by atoms with Crippen LogP contribution in [0.4, 0.5) is 0 Å². The van der Waals surface area contributed by atoms with E-state index >= 15 is 0 Å². The Morgan fingerprint density at radius 2 is 1.76 bits per heavy atom. The zero-order chi connectivity index (χ0) is 38.4. The molecule has 7 aliphatic heterocycles. The second kappa shape index (κ2) is 16.4. The van der Waals surface area contributed by atoms with E-state index in [2.05, 4.69) is 39.5 Å². The summed E-state index contributed by atoms with van der Waals surface area (Å²) in [6.07, 6.45) is 11.5. The summed E-state index contributed by atoms with van der Waals surface area (Å²) in [4.78, 5) is 11.8. The molecule has 0 saturated carbocycles. The molecule has 0 bridgehead atoms. The SMILES string of the molecule is C=C1[C@@H](O)[C@@H]2O[C@]3(CC[C@H](C=C[C@@H](C)[C@@H]4CC(C)=C[C@@]5(O[C@H](CC(C)=O)CC[C@H]5O)O4)O3)CC[C@H]2O[C@@H]1[C@@H](O)C[C@H](C)[C@H]1O[C@@]2(CCCCO2)CC[C@H]1C. The normalized spacial score (nSPS) is 46.1. The number of Topliss-reactive ketones (excluding diaryl/α,β-unsaturated/α-hetero) is 1. The molecule has 11 nitrogen and oxygen atoms in total. The van der Waals surface area contributed by atoms with Crippen molar-refractivity contribution in [3.8, 4) is 0 Å². The molecule has 3 spiro atoms. The van der Waals surface area contributed by atoms with Gasteiger partial charge in [-0.05, 0) is 95.1 Å². The largest absolute Gasteiger partial charge is 0.390 e. The summed E-state index contributed by atoms with van der Waals surface area (Å²) in [7, 11) is 0. The van der Waals surface area contributed by atoms with Crippen molar-refractivity contribution in [2.45, 2.75) is 203 Å². The number of ketones is 1. The van der Waals surface area contributed by atoms with E-state index in [9.17, 15) is 20.1 Å². The first-order valence-corrected chi connectivity index (χ1v) is 21.0. The van der Waals surface area contributed by atoms with E-state index in [0.717, 1.165) is 50.7 Å². The van der Waals surface area contributed by atoms with Crippen LogP contribution in [-0.2, 0) is 38.0 Å². The van der Waals surface area contributed by atoms with Gasteiger partial charge in [0.15, 0.2) is 11.6 Å². The molecule has 7 rings (SSSR count). The highest BCUT2D eigenvalue weighted by molar-refractivity contribution is 5.76. The lowest BCUT2D eigenvalue weighted by Crippen LogP contribution is -2.60. The van der Waals surface area contributed by atoms with E-state index in [1.165, 1.54) is 0 Å². The maximum Gasteiger partial charge on any atom is 0.215 e. The summed E-state index contributed by atoms with van der Waals surface area (Å²) in [5.74, 6) is -2.08. The smallest absolute Gasteiger partial charge is 0.215 e. The van der Waals surface area contributed by atoms with Gasteiger partial charge in [0.25, 0.3) is 0 Å². The average molecular weight is 759 g/mol. The Balaban J connectivity index is 0.921. The van der Waals surface area contributed by atoms with Gasteiger partial charge < -0.3 is 48.5 Å². The molecule has 0 unspecified atom stereocenters. The van der Waals surface area contributed by atoms with Crippen LogP contribution in [0.5, 0.6) is 0 Å². The van der Waals surface area contributed by atoms with E-state index in [0.29, 0.717) is 62.9 Å². The average Bonchev–Trinajstić information content (AvgIpc) is 3.53. The van der Waals surface area contributed by atoms with Crippen LogP contribution in [0.3, 0.4) is 0 Å². The lowest BCUT2D eigenvalue weighted by molar-refractivity contribution is -0.320. The van der Waals surface area contributed by atoms with Crippen molar-refractivity contribution >= 4 is 5.78 Å². The minimum atomic E-state index is -1.25. The molecule has 16 atom stereocenters. The molecule has 0 radical (unpaired) electrons. The van der Waals surface area contributed by atoms with Crippen molar-refractivity contribution in [3.05, 3.63) is 36.0 Å². The van der Waals surface area contributed by atoms with Crippen LogP contribution in [0.15, 0.2) is 36.0 Å². The van der Waals surface area contributed by atoms with Crippen molar-refractivity contribution in [2.24, 2.45) is 17.8 Å². The molecule has 0 aromatic rings. The molecule has 3 N–H and O–H groups in total. The third kappa shape index (κ3) is 8.52. The zero-order valence-electron chi connectivity index (χ0n) is 33.2. The molecule has 7 heterocycles. The minimum absolute atomic E-state index is 0.00359. The fraction of sp³-hybridized carbons (Fsp3) is 0.837. The fourth-order valence-corrected chi connectivity index (χ4v) is 10.3. The summed E-state index contributed by atoms with van der Waals surface area (Å²) in [5.41, 5.74) is 1.53. The highest BCUT2D eigenvalue weighted by atomic mass is 16.7. The predicted molar refractivity (Wildman–Crippen MR) is 200 cm³/mol. The molecular weight excluding hydrogens is 692 g/mol. The van der Waals surface area contributed by atoms with Crippen molar-refractivity contribution < 1.29 is 53.3 Å². The Morgan fingerprint density at radius 3 is 2.52 bits per heavy atom. The topological polar surface area (TPSA) is 142 Å². The van der Waals surface area contributed by atoms with Gasteiger partial charge in [0.1, 0.15) is 30.2 Å². The number of hydrogen-bond donors (Lipinski definition) is 3. The number of aliphatic hydroxyl groups excluding tert-OH is 3. The molecule has 54 heavy (non-hydrogen) atoms. The molecule has 7 aliphatic rings. The Hall–Kier alpha value is -1.51. The predicted octanol–water partition coefficient (Wildman–Crippen LogP) is 5.97. The van der Waals surface area contributed by atoms with Crippen molar-refractivity contribution in [3.63, 3.8) is 0 Å². The summed E-state index contributed by atoms with van der Waals surface area (Å²) in [6.45, 7) is 15.0. The maximum atomic E-state index is 11.8. The van der Waals surface area contributed by atoms with Gasteiger partial charge >= 0.3 is 0 Å². The molecule has 11 heteroatoms. The molecule has 0 amide bonds. The zero-order valence-corrected chi connectivity index (χ0v) is 33.2. The summed E-state index contributed by atoms with van der Waals surface area (Å²) >= 11 is 0. The van der Waals surface area contributed by atoms with Crippen LogP contribution in [0.2, 0.25) is 0 Å². The molecule has 6 saturated heterocycles. The lowest BCUT2D eigenvalue weighted by atomic mass is 9.79. The summed E-state index contributed by atoms with van der Waals surface area (Å²) < 4.78 is 45.3. The first kappa shape index (κ1) is 40.7. The van der Waals surface area contributed by atoms with Gasteiger partial charge in [0, 0.05) is 38.0 Å². The van der Waals surface area contributed by atoms with Crippen LogP contribution in [0, 0.1) is 17.8 Å². The van der Waals surface area contributed by atoms with Crippen molar-refractivity contribution in [2.75, 3.05) is 6.61 Å². The van der Waals surface area contributed by atoms with Crippen LogP contribution >= 0.6 is 0 Å².